The number of hydrogen-bond acceptors (Lipinski definition) is 7. The van der Waals surface area contributed by atoms with Crippen molar-refractivity contribution in [2.24, 2.45) is 5.92 Å². The summed E-state index contributed by atoms with van der Waals surface area (Å²) in [4.78, 5) is 15.9. The predicted molar refractivity (Wildman–Crippen MR) is 121 cm³/mol. The van der Waals surface area contributed by atoms with Crippen LogP contribution in [0.3, 0.4) is 0 Å². The van der Waals surface area contributed by atoms with E-state index in [2.05, 4.69) is 10.2 Å². The average molecular weight is 515 g/mol. The van der Waals surface area contributed by atoms with Gasteiger partial charge in [-0.05, 0) is 50.9 Å². The molecule has 0 bridgehead atoms. The summed E-state index contributed by atoms with van der Waals surface area (Å²) in [7, 11) is -1.16. The van der Waals surface area contributed by atoms with Gasteiger partial charge in [0.05, 0.1) is 33.8 Å². The van der Waals surface area contributed by atoms with Crippen LogP contribution >= 0.6 is 0 Å². The number of amides is 1. The molecule has 1 heterocycles. The van der Waals surface area contributed by atoms with E-state index in [1.54, 1.807) is 0 Å². The summed E-state index contributed by atoms with van der Waals surface area (Å²) < 4.78 is 74.4. The zero-order valence-corrected chi connectivity index (χ0v) is 20.5. The van der Waals surface area contributed by atoms with Crippen LogP contribution in [-0.2, 0) is 25.5 Å². The topological polar surface area (TPSA) is 103 Å². The minimum Gasteiger partial charge on any atom is -0.381 e. The van der Waals surface area contributed by atoms with Crippen molar-refractivity contribution in [3.63, 3.8) is 0 Å². The molecule has 192 valence electrons. The van der Waals surface area contributed by atoms with Crippen LogP contribution in [0.5, 0.6) is 0 Å². The summed E-state index contributed by atoms with van der Waals surface area (Å²) in [6, 6.07) is 5.41. The van der Waals surface area contributed by atoms with E-state index >= 15 is 0 Å². The molecule has 8 nitrogen and oxygen atoms in total. The van der Waals surface area contributed by atoms with Gasteiger partial charge in [-0.2, -0.15) is 18.4 Å². The summed E-state index contributed by atoms with van der Waals surface area (Å²) in [5.41, 5.74) is -1.80. The Balaban J connectivity index is 1.61. The number of sulfone groups is 1. The van der Waals surface area contributed by atoms with Crippen molar-refractivity contribution in [1.82, 2.24) is 10.2 Å². The number of anilines is 1. The Morgan fingerprint density at radius 3 is 2.40 bits per heavy atom. The van der Waals surface area contributed by atoms with E-state index in [4.69, 9.17) is 4.74 Å². The van der Waals surface area contributed by atoms with Crippen LogP contribution in [0.4, 0.5) is 18.9 Å². The lowest BCUT2D eigenvalue weighted by molar-refractivity contribution is -0.139. The van der Waals surface area contributed by atoms with Crippen molar-refractivity contribution < 1.29 is 31.1 Å². The Labute approximate surface area is 202 Å². The minimum atomic E-state index is -4.87. The molecule has 3 atom stereocenters. The molecule has 0 aromatic heterocycles. The highest BCUT2D eigenvalue weighted by Crippen LogP contribution is 2.43. The third kappa shape index (κ3) is 5.13. The van der Waals surface area contributed by atoms with Gasteiger partial charge in [-0.25, -0.2) is 8.42 Å². The molecule has 12 heteroatoms. The first-order valence-electron chi connectivity index (χ1n) is 11.5. The number of piperazine rings is 1. The van der Waals surface area contributed by atoms with Gasteiger partial charge in [0.15, 0.2) is 9.84 Å². The van der Waals surface area contributed by atoms with Crippen molar-refractivity contribution in [2.45, 2.75) is 53.6 Å². The number of likely N-dealkylation sites (N-methyl/N-ethyl adjacent to an activating group) is 1. The lowest BCUT2D eigenvalue weighted by Crippen LogP contribution is -2.44. The van der Waals surface area contributed by atoms with Crippen LogP contribution in [0.25, 0.3) is 0 Å². The molecule has 1 aromatic carbocycles. The molecular weight excluding hydrogens is 485 g/mol. The number of methoxy groups -OCH3 is 1. The van der Waals surface area contributed by atoms with E-state index < -0.39 is 55.2 Å². The van der Waals surface area contributed by atoms with Crippen LogP contribution in [-0.4, -0.2) is 76.5 Å². The maximum atomic E-state index is 14.0. The number of nitrogens with zero attached hydrogens (tertiary/aromatic N) is 3. The molecule has 35 heavy (non-hydrogen) atoms. The van der Waals surface area contributed by atoms with E-state index in [1.165, 1.54) is 13.2 Å². The summed E-state index contributed by atoms with van der Waals surface area (Å²) in [6.45, 7) is 2.47. The number of carbonyl (C=O) groups is 1. The number of alkyl halides is 3. The second-order valence-electron chi connectivity index (χ2n) is 9.67. The minimum absolute atomic E-state index is 0.103. The number of ether oxygens (including phenoxy) is 1. The number of carbonyl (C=O) groups excluding carboxylic acids is 1. The fraction of sp³-hybridized carbons (Fsp3) is 0.652. The first-order chi connectivity index (χ1) is 16.4. The summed E-state index contributed by atoms with van der Waals surface area (Å²) in [5, 5.41) is 10.7. The largest absolute Gasteiger partial charge is 0.417 e. The van der Waals surface area contributed by atoms with Crippen molar-refractivity contribution in [1.29, 1.82) is 5.26 Å². The molecule has 1 amide bonds. The molecule has 1 aliphatic heterocycles. The van der Waals surface area contributed by atoms with Crippen LogP contribution in [0.15, 0.2) is 23.1 Å². The molecule has 2 aliphatic carbocycles. The molecule has 1 aromatic rings. The van der Waals surface area contributed by atoms with Crippen molar-refractivity contribution in [3.05, 3.63) is 23.8 Å². The van der Waals surface area contributed by atoms with E-state index in [0.717, 1.165) is 12.1 Å². The Morgan fingerprint density at radius 1 is 1.20 bits per heavy atom. The third-order valence-corrected chi connectivity index (χ3v) is 9.54. The fourth-order valence-corrected chi connectivity index (χ4v) is 6.89. The Morgan fingerprint density at radius 2 is 1.86 bits per heavy atom. The number of rotatable bonds is 6. The van der Waals surface area contributed by atoms with Gasteiger partial charge in [0.1, 0.15) is 5.54 Å². The van der Waals surface area contributed by atoms with Gasteiger partial charge in [0, 0.05) is 39.0 Å². The number of halogens is 3. The van der Waals surface area contributed by atoms with E-state index in [-0.39, 0.29) is 12.8 Å². The predicted octanol–water partition coefficient (Wildman–Crippen LogP) is 2.20. The Kier molecular flexibility index (Phi) is 6.81. The van der Waals surface area contributed by atoms with Gasteiger partial charge >= 0.3 is 6.18 Å². The standard InChI is InChI=1S/C23H29F3N4O4S/c1-29-7-9-30(10-8-29)15-3-4-20(18(11-15)23(24,25)26)35(32,33)16-12-17(19(13-16)34-2)21(31)28-22(14-27)5-6-22/h3-4,11,16-17,19H,5-10,12-13H2,1-2H3,(H,28,31). The lowest BCUT2D eigenvalue weighted by atomic mass is 10.0. The van der Waals surface area contributed by atoms with Crippen molar-refractivity contribution >= 4 is 21.4 Å². The van der Waals surface area contributed by atoms with Gasteiger partial charge in [-0.3, -0.25) is 4.79 Å². The summed E-state index contributed by atoms with van der Waals surface area (Å²) in [6.07, 6.45) is -4.90. The summed E-state index contributed by atoms with van der Waals surface area (Å²) in [5.74, 6) is -1.38. The third-order valence-electron chi connectivity index (χ3n) is 7.31. The molecule has 0 spiro atoms. The highest BCUT2D eigenvalue weighted by molar-refractivity contribution is 7.92. The first kappa shape index (κ1) is 25.7. The van der Waals surface area contributed by atoms with E-state index in [9.17, 15) is 31.6 Å². The molecule has 1 N–H and O–H groups in total. The molecule has 3 unspecified atom stereocenters. The van der Waals surface area contributed by atoms with Gasteiger partial charge in [0.25, 0.3) is 0 Å². The lowest BCUT2D eigenvalue weighted by Gasteiger charge is -2.34. The first-order valence-corrected chi connectivity index (χ1v) is 13.1. The van der Waals surface area contributed by atoms with Gasteiger partial charge in [0.2, 0.25) is 5.91 Å². The second-order valence-corrected chi connectivity index (χ2v) is 11.9. The van der Waals surface area contributed by atoms with Crippen LogP contribution in [0.1, 0.15) is 31.2 Å². The summed E-state index contributed by atoms with van der Waals surface area (Å²) >= 11 is 0. The maximum Gasteiger partial charge on any atom is 0.417 e. The van der Waals surface area contributed by atoms with Crippen LogP contribution < -0.4 is 10.2 Å². The Bertz CT molecular complexity index is 1120. The average Bonchev–Trinajstić information content (AvgIpc) is 3.44. The number of nitriles is 1. The van der Waals surface area contributed by atoms with Gasteiger partial charge in [-0.15, -0.1) is 0 Å². The quantitative estimate of drug-likeness (QED) is 0.621. The molecule has 2 saturated carbocycles. The molecular formula is C23H29F3N4O4S. The highest BCUT2D eigenvalue weighted by Gasteiger charge is 2.51. The number of benzene rings is 1. The fourth-order valence-electron chi connectivity index (χ4n) is 4.89. The van der Waals surface area contributed by atoms with Crippen molar-refractivity contribution in [3.8, 4) is 6.07 Å². The van der Waals surface area contributed by atoms with Gasteiger partial charge in [-0.1, -0.05) is 0 Å². The monoisotopic (exact) mass is 514 g/mol. The Hall–Kier alpha value is -2.36. The van der Waals surface area contributed by atoms with Crippen LogP contribution in [0, 0.1) is 17.2 Å². The molecule has 1 saturated heterocycles. The van der Waals surface area contributed by atoms with Crippen LogP contribution in [0.2, 0.25) is 0 Å². The normalized spacial score (nSPS) is 26.9. The zero-order chi connectivity index (χ0) is 25.6. The molecule has 3 fully saturated rings. The van der Waals surface area contributed by atoms with Crippen molar-refractivity contribution in [2.75, 3.05) is 45.2 Å². The second kappa shape index (κ2) is 9.26. The molecule has 4 rings (SSSR count). The smallest absolute Gasteiger partial charge is 0.381 e. The molecule has 3 aliphatic rings. The zero-order valence-electron chi connectivity index (χ0n) is 19.6. The number of hydrogen-bond donors (Lipinski definition) is 1. The maximum absolute atomic E-state index is 14.0. The molecule has 0 radical (unpaired) electrons. The van der Waals surface area contributed by atoms with E-state index in [1.807, 2.05) is 18.0 Å². The SMILES string of the molecule is COC1CC(S(=O)(=O)c2ccc(N3CCN(C)CC3)cc2C(F)(F)F)CC1C(=O)NC1(C#N)CC1. The number of nitrogens with one attached hydrogen (secondary N) is 1. The highest BCUT2D eigenvalue weighted by atomic mass is 32.2. The van der Waals surface area contributed by atoms with E-state index in [0.29, 0.717) is 44.7 Å². The van der Waals surface area contributed by atoms with Gasteiger partial charge < -0.3 is 19.9 Å².